The van der Waals surface area contributed by atoms with Gasteiger partial charge in [-0.1, -0.05) is 43.3 Å². The Hall–Kier alpha value is -1.65. The molecule has 0 spiro atoms. The zero-order chi connectivity index (χ0) is 15.1. The minimum Gasteiger partial charge on any atom is -0.388 e. The van der Waals surface area contributed by atoms with E-state index in [9.17, 15) is 9.90 Å². The maximum atomic E-state index is 12.3. The first-order chi connectivity index (χ1) is 10.2. The lowest BCUT2D eigenvalue weighted by Crippen LogP contribution is -2.30. The zero-order valence-corrected chi connectivity index (χ0v) is 13.0. The molecule has 2 rings (SSSR count). The standard InChI is InChI=1S/C17H21NO2S/c1-2-14(13-7-4-3-5-8-13)17(20)18-11-10-15(19)16-9-6-12-21-16/h3-9,12,14-15,19H,2,10-11H2,1H3,(H,18,20)/t14-,15-/m1/s1. The summed E-state index contributed by atoms with van der Waals surface area (Å²) in [4.78, 5) is 13.2. The predicted octanol–water partition coefficient (Wildman–Crippen LogP) is 3.48. The molecular weight excluding hydrogens is 282 g/mol. The van der Waals surface area contributed by atoms with Crippen LogP contribution in [0, 0.1) is 0 Å². The Balaban J connectivity index is 1.83. The van der Waals surface area contributed by atoms with Crippen molar-refractivity contribution in [3.05, 3.63) is 58.3 Å². The van der Waals surface area contributed by atoms with Crippen LogP contribution in [-0.4, -0.2) is 17.6 Å². The SMILES string of the molecule is CC[C@@H](C(=O)NCC[C@@H](O)c1cccs1)c1ccccc1. The van der Waals surface area contributed by atoms with E-state index in [1.807, 2.05) is 54.8 Å². The largest absolute Gasteiger partial charge is 0.388 e. The highest BCUT2D eigenvalue weighted by Gasteiger charge is 2.18. The molecule has 2 N–H and O–H groups in total. The van der Waals surface area contributed by atoms with Gasteiger partial charge in [0.05, 0.1) is 12.0 Å². The third-order valence-electron chi connectivity index (χ3n) is 3.52. The number of hydrogen-bond donors (Lipinski definition) is 2. The van der Waals surface area contributed by atoms with Gasteiger partial charge in [0.2, 0.25) is 5.91 Å². The van der Waals surface area contributed by atoms with Gasteiger partial charge in [-0.2, -0.15) is 0 Å². The quantitative estimate of drug-likeness (QED) is 0.822. The van der Waals surface area contributed by atoms with Gasteiger partial charge in [-0.15, -0.1) is 11.3 Å². The summed E-state index contributed by atoms with van der Waals surface area (Å²) < 4.78 is 0. The van der Waals surface area contributed by atoms with Gasteiger partial charge in [-0.3, -0.25) is 4.79 Å². The van der Waals surface area contributed by atoms with E-state index in [0.717, 1.165) is 16.9 Å². The molecule has 0 aliphatic heterocycles. The van der Waals surface area contributed by atoms with Crippen LogP contribution < -0.4 is 5.32 Å². The number of thiophene rings is 1. The Bertz CT molecular complexity index is 539. The Kier molecular flexibility index (Phi) is 5.96. The number of hydrogen-bond acceptors (Lipinski definition) is 3. The fraction of sp³-hybridized carbons (Fsp3) is 0.353. The molecule has 0 bridgehead atoms. The molecule has 1 amide bonds. The van der Waals surface area contributed by atoms with Crippen LogP contribution >= 0.6 is 11.3 Å². The van der Waals surface area contributed by atoms with Crippen molar-refractivity contribution < 1.29 is 9.90 Å². The average molecular weight is 303 g/mol. The molecule has 0 aliphatic carbocycles. The van der Waals surface area contributed by atoms with Crippen molar-refractivity contribution in [1.29, 1.82) is 0 Å². The monoisotopic (exact) mass is 303 g/mol. The molecule has 2 atom stereocenters. The Morgan fingerprint density at radius 2 is 2.00 bits per heavy atom. The van der Waals surface area contributed by atoms with E-state index < -0.39 is 6.10 Å². The molecule has 21 heavy (non-hydrogen) atoms. The van der Waals surface area contributed by atoms with Crippen molar-refractivity contribution in [3.8, 4) is 0 Å². The van der Waals surface area contributed by atoms with Crippen molar-refractivity contribution >= 4 is 17.2 Å². The lowest BCUT2D eigenvalue weighted by atomic mass is 9.95. The molecule has 2 aromatic rings. The van der Waals surface area contributed by atoms with Gasteiger partial charge in [0, 0.05) is 11.4 Å². The van der Waals surface area contributed by atoms with Crippen LogP contribution in [0.15, 0.2) is 47.8 Å². The topological polar surface area (TPSA) is 49.3 Å². The van der Waals surface area contributed by atoms with Gasteiger partial charge in [0.15, 0.2) is 0 Å². The molecule has 1 heterocycles. The number of carbonyl (C=O) groups is 1. The highest BCUT2D eigenvalue weighted by atomic mass is 32.1. The third-order valence-corrected chi connectivity index (χ3v) is 4.49. The van der Waals surface area contributed by atoms with E-state index in [2.05, 4.69) is 5.32 Å². The molecule has 0 aliphatic rings. The van der Waals surface area contributed by atoms with Gasteiger partial charge in [-0.25, -0.2) is 0 Å². The number of rotatable bonds is 7. The third kappa shape index (κ3) is 4.41. The lowest BCUT2D eigenvalue weighted by molar-refractivity contribution is -0.122. The van der Waals surface area contributed by atoms with Gasteiger partial charge in [-0.05, 0) is 29.9 Å². The van der Waals surface area contributed by atoms with Gasteiger partial charge in [0.1, 0.15) is 0 Å². The highest BCUT2D eigenvalue weighted by Crippen LogP contribution is 2.22. The van der Waals surface area contributed by atoms with Crippen LogP contribution in [0.4, 0.5) is 0 Å². The van der Waals surface area contributed by atoms with E-state index in [-0.39, 0.29) is 11.8 Å². The molecule has 1 aromatic carbocycles. The summed E-state index contributed by atoms with van der Waals surface area (Å²) in [5.74, 6) is -0.0906. The molecule has 112 valence electrons. The van der Waals surface area contributed by atoms with Crippen molar-refractivity contribution in [1.82, 2.24) is 5.32 Å². The fourth-order valence-corrected chi connectivity index (χ4v) is 3.08. The van der Waals surface area contributed by atoms with Crippen LogP contribution in [-0.2, 0) is 4.79 Å². The summed E-state index contributed by atoms with van der Waals surface area (Å²) in [5, 5.41) is 14.9. The van der Waals surface area contributed by atoms with E-state index in [4.69, 9.17) is 0 Å². The zero-order valence-electron chi connectivity index (χ0n) is 12.2. The second-order valence-corrected chi connectivity index (χ2v) is 5.96. The normalized spacial score (nSPS) is 13.6. The summed E-state index contributed by atoms with van der Waals surface area (Å²) in [6.45, 7) is 2.50. The lowest BCUT2D eigenvalue weighted by Gasteiger charge is -2.16. The van der Waals surface area contributed by atoms with Crippen LogP contribution in [0.2, 0.25) is 0 Å². The Labute approximate surface area is 129 Å². The predicted molar refractivity (Wildman–Crippen MR) is 86.4 cm³/mol. The average Bonchev–Trinajstić information content (AvgIpc) is 3.03. The van der Waals surface area contributed by atoms with Crippen molar-refractivity contribution in [2.24, 2.45) is 0 Å². The van der Waals surface area contributed by atoms with Crippen molar-refractivity contribution in [2.75, 3.05) is 6.54 Å². The number of benzene rings is 1. The number of aliphatic hydroxyl groups is 1. The molecule has 0 unspecified atom stereocenters. The van der Waals surface area contributed by atoms with Crippen molar-refractivity contribution in [2.45, 2.75) is 31.8 Å². The molecular formula is C17H21NO2S. The molecule has 0 saturated heterocycles. The second-order valence-electron chi connectivity index (χ2n) is 4.98. The van der Waals surface area contributed by atoms with E-state index in [1.165, 1.54) is 11.3 Å². The first-order valence-electron chi connectivity index (χ1n) is 7.26. The van der Waals surface area contributed by atoms with Crippen LogP contribution in [0.5, 0.6) is 0 Å². The van der Waals surface area contributed by atoms with E-state index in [0.29, 0.717) is 13.0 Å². The molecule has 0 fully saturated rings. The molecule has 0 saturated carbocycles. The minimum atomic E-state index is -0.498. The number of nitrogens with one attached hydrogen (secondary N) is 1. The first kappa shape index (κ1) is 15.7. The van der Waals surface area contributed by atoms with Gasteiger partial charge in [0.25, 0.3) is 0 Å². The van der Waals surface area contributed by atoms with Crippen molar-refractivity contribution in [3.63, 3.8) is 0 Å². The summed E-state index contributed by atoms with van der Waals surface area (Å²) in [6, 6.07) is 13.6. The number of aliphatic hydroxyl groups excluding tert-OH is 1. The maximum Gasteiger partial charge on any atom is 0.227 e. The second kappa shape index (κ2) is 7.96. The molecule has 0 radical (unpaired) electrons. The minimum absolute atomic E-state index is 0.0297. The Morgan fingerprint density at radius 3 is 2.62 bits per heavy atom. The first-order valence-corrected chi connectivity index (χ1v) is 8.14. The number of amides is 1. The summed E-state index contributed by atoms with van der Waals surface area (Å²) in [7, 11) is 0. The smallest absolute Gasteiger partial charge is 0.227 e. The van der Waals surface area contributed by atoms with E-state index in [1.54, 1.807) is 0 Å². The highest BCUT2D eigenvalue weighted by molar-refractivity contribution is 7.10. The van der Waals surface area contributed by atoms with Gasteiger partial charge >= 0.3 is 0 Å². The molecule has 3 nitrogen and oxygen atoms in total. The fourth-order valence-electron chi connectivity index (χ4n) is 2.34. The van der Waals surface area contributed by atoms with Crippen LogP contribution in [0.3, 0.4) is 0 Å². The summed E-state index contributed by atoms with van der Waals surface area (Å²) in [6.07, 6.45) is 0.808. The molecule has 4 heteroatoms. The van der Waals surface area contributed by atoms with Crippen LogP contribution in [0.1, 0.15) is 42.2 Å². The summed E-state index contributed by atoms with van der Waals surface area (Å²) in [5.41, 5.74) is 1.04. The molecule has 1 aromatic heterocycles. The summed E-state index contributed by atoms with van der Waals surface area (Å²) >= 11 is 1.53. The Morgan fingerprint density at radius 1 is 1.24 bits per heavy atom. The number of carbonyl (C=O) groups excluding carboxylic acids is 1. The van der Waals surface area contributed by atoms with Gasteiger partial charge < -0.3 is 10.4 Å². The van der Waals surface area contributed by atoms with E-state index >= 15 is 0 Å². The van der Waals surface area contributed by atoms with Crippen LogP contribution in [0.25, 0.3) is 0 Å². The maximum absolute atomic E-state index is 12.3.